The van der Waals surface area contributed by atoms with Gasteiger partial charge in [0.25, 0.3) is 5.91 Å². The minimum absolute atomic E-state index is 0.0198. The zero-order chi connectivity index (χ0) is 28.5. The topological polar surface area (TPSA) is 135 Å². The quantitative estimate of drug-likeness (QED) is 0.283. The summed E-state index contributed by atoms with van der Waals surface area (Å²) in [5.41, 5.74) is 1.19. The lowest BCUT2D eigenvalue weighted by Gasteiger charge is -2.30. The van der Waals surface area contributed by atoms with Crippen LogP contribution in [-0.4, -0.2) is 68.5 Å². The first-order valence-electron chi connectivity index (χ1n) is 12.7. The van der Waals surface area contributed by atoms with Crippen molar-refractivity contribution < 1.29 is 37.6 Å². The van der Waals surface area contributed by atoms with Crippen molar-refractivity contribution in [2.24, 2.45) is 0 Å². The van der Waals surface area contributed by atoms with Gasteiger partial charge in [0.1, 0.15) is 11.5 Å². The van der Waals surface area contributed by atoms with Gasteiger partial charge in [0, 0.05) is 25.4 Å². The van der Waals surface area contributed by atoms with E-state index < -0.39 is 22.2 Å². The van der Waals surface area contributed by atoms with E-state index in [-0.39, 0.29) is 54.3 Å². The van der Waals surface area contributed by atoms with Crippen molar-refractivity contribution in [3.05, 3.63) is 96.3 Å². The van der Waals surface area contributed by atoms with Crippen LogP contribution in [0.25, 0.3) is 0 Å². The summed E-state index contributed by atoms with van der Waals surface area (Å²) in [4.78, 5) is 13.1. The highest BCUT2D eigenvalue weighted by Crippen LogP contribution is 2.32. The van der Waals surface area contributed by atoms with Crippen molar-refractivity contribution in [1.29, 1.82) is 0 Å². The van der Waals surface area contributed by atoms with Crippen LogP contribution in [0.15, 0.2) is 95.6 Å². The number of allylic oxidation sites excluding steroid dienone is 1. The summed E-state index contributed by atoms with van der Waals surface area (Å²) in [6.07, 6.45) is 1.25. The third-order valence-electron chi connectivity index (χ3n) is 6.35. The summed E-state index contributed by atoms with van der Waals surface area (Å²) in [7, 11) is -2.42. The normalized spacial score (nSPS) is 17.1. The smallest absolute Gasteiger partial charge is 0.290 e. The summed E-state index contributed by atoms with van der Waals surface area (Å²) in [6.45, 7) is -0.585. The first kappa shape index (κ1) is 29.1. The van der Waals surface area contributed by atoms with E-state index in [1.54, 1.807) is 36.4 Å². The molecule has 3 N–H and O–H groups in total. The minimum atomic E-state index is -3.91. The number of anilines is 1. The van der Waals surface area contributed by atoms with Gasteiger partial charge in [-0.1, -0.05) is 42.5 Å². The van der Waals surface area contributed by atoms with Crippen LogP contribution in [0, 0.1) is 0 Å². The van der Waals surface area contributed by atoms with Crippen molar-refractivity contribution in [3.8, 4) is 11.5 Å². The molecule has 0 unspecified atom stereocenters. The molecule has 0 saturated carbocycles. The van der Waals surface area contributed by atoms with Gasteiger partial charge < -0.3 is 29.7 Å². The van der Waals surface area contributed by atoms with Gasteiger partial charge in [0.05, 0.1) is 30.9 Å². The Kier molecular flexibility index (Phi) is 9.78. The fraction of sp³-hybridized carbons (Fsp3) is 0.276. The number of aliphatic hydroxyl groups is 1. The van der Waals surface area contributed by atoms with Gasteiger partial charge in [0.2, 0.25) is 16.3 Å². The molecule has 1 aliphatic heterocycles. The second-order valence-electron chi connectivity index (χ2n) is 8.98. The number of carbonyl (C=O) groups excluding carboxylic acids is 1. The molecule has 3 aromatic rings. The van der Waals surface area contributed by atoms with Gasteiger partial charge in [-0.25, -0.2) is 8.42 Å². The van der Waals surface area contributed by atoms with Gasteiger partial charge >= 0.3 is 0 Å². The predicted molar refractivity (Wildman–Crippen MR) is 148 cm³/mol. The number of carbonyl (C=O) groups is 1. The summed E-state index contributed by atoms with van der Waals surface area (Å²) in [5, 5.41) is 22.2. The average molecular weight is 569 g/mol. The molecular weight excluding hydrogens is 536 g/mol. The highest BCUT2D eigenvalue weighted by atomic mass is 32.2. The molecule has 10 nitrogen and oxygen atoms in total. The Morgan fingerprint density at radius 3 is 2.40 bits per heavy atom. The van der Waals surface area contributed by atoms with Crippen LogP contribution < -0.4 is 10.1 Å². The molecule has 11 heteroatoms. The maximum atomic E-state index is 13.2. The molecule has 0 aromatic heterocycles. The third-order valence-corrected chi connectivity index (χ3v) is 8.27. The largest absolute Gasteiger partial charge is 0.506 e. The monoisotopic (exact) mass is 568 g/mol. The number of hydrogen-bond donors (Lipinski definition) is 3. The third kappa shape index (κ3) is 7.19. The Balaban J connectivity index is 1.46. The molecular formula is C29H32N2O8S. The number of aromatic hydroxyl groups is 1. The SMILES string of the molecule is COc1ccc(S(=O)(=O)N(CCO)CCO[C@@H]2C[C@H](c3ccccc3)C=C(C(=O)Nc3ccccc3O)O2)cc1. The van der Waals surface area contributed by atoms with Crippen molar-refractivity contribution in [2.75, 3.05) is 38.7 Å². The maximum Gasteiger partial charge on any atom is 0.290 e. The van der Waals surface area contributed by atoms with Crippen LogP contribution >= 0.6 is 0 Å². The molecule has 0 saturated heterocycles. The van der Waals surface area contributed by atoms with Crippen LogP contribution in [0.4, 0.5) is 5.69 Å². The Bertz CT molecular complexity index is 1410. The number of amides is 1. The van der Waals surface area contributed by atoms with Crippen LogP contribution in [0.5, 0.6) is 11.5 Å². The number of nitrogens with zero attached hydrogens (tertiary/aromatic N) is 1. The Labute approximate surface area is 233 Å². The van der Waals surface area contributed by atoms with Crippen molar-refractivity contribution >= 4 is 21.6 Å². The molecule has 1 heterocycles. The molecule has 0 spiro atoms. The van der Waals surface area contributed by atoms with E-state index in [1.165, 1.54) is 25.3 Å². The highest BCUT2D eigenvalue weighted by Gasteiger charge is 2.30. The van der Waals surface area contributed by atoms with Crippen molar-refractivity contribution in [1.82, 2.24) is 4.31 Å². The van der Waals surface area contributed by atoms with E-state index in [0.717, 1.165) is 9.87 Å². The number of benzene rings is 3. The molecule has 40 heavy (non-hydrogen) atoms. The number of methoxy groups -OCH3 is 1. The highest BCUT2D eigenvalue weighted by molar-refractivity contribution is 7.89. The van der Waals surface area contributed by atoms with E-state index in [1.807, 2.05) is 30.3 Å². The first-order valence-corrected chi connectivity index (χ1v) is 14.1. The molecule has 0 radical (unpaired) electrons. The fourth-order valence-electron chi connectivity index (χ4n) is 4.26. The molecule has 4 rings (SSSR count). The molecule has 0 aliphatic carbocycles. The van der Waals surface area contributed by atoms with E-state index in [4.69, 9.17) is 14.2 Å². The number of hydrogen-bond acceptors (Lipinski definition) is 8. The molecule has 0 fully saturated rings. The number of sulfonamides is 1. The second-order valence-corrected chi connectivity index (χ2v) is 10.9. The number of nitrogens with one attached hydrogen (secondary N) is 1. The Morgan fingerprint density at radius 1 is 1.02 bits per heavy atom. The number of para-hydroxylation sites is 2. The van der Waals surface area contributed by atoms with Crippen LogP contribution in [0.1, 0.15) is 17.9 Å². The minimum Gasteiger partial charge on any atom is -0.506 e. The summed E-state index contributed by atoms with van der Waals surface area (Å²) >= 11 is 0. The van der Waals surface area contributed by atoms with Gasteiger partial charge in [-0.15, -0.1) is 0 Å². The molecule has 3 aromatic carbocycles. The molecule has 0 bridgehead atoms. The zero-order valence-electron chi connectivity index (χ0n) is 22.0. The number of aliphatic hydroxyl groups excluding tert-OH is 1. The van der Waals surface area contributed by atoms with E-state index in [0.29, 0.717) is 12.2 Å². The van der Waals surface area contributed by atoms with Crippen LogP contribution in [0.3, 0.4) is 0 Å². The molecule has 1 aliphatic rings. The number of rotatable bonds is 12. The molecule has 2 atom stereocenters. The molecule has 1 amide bonds. The average Bonchev–Trinajstić information content (AvgIpc) is 2.98. The fourth-order valence-corrected chi connectivity index (χ4v) is 5.68. The number of phenolic OH excluding ortho intramolecular Hbond substituents is 1. The molecule has 212 valence electrons. The van der Waals surface area contributed by atoms with Crippen LogP contribution in [0.2, 0.25) is 0 Å². The maximum absolute atomic E-state index is 13.2. The number of phenols is 1. The first-order chi connectivity index (χ1) is 19.3. The van der Waals surface area contributed by atoms with Crippen molar-refractivity contribution in [2.45, 2.75) is 23.5 Å². The lowest BCUT2D eigenvalue weighted by Crippen LogP contribution is -2.37. The lowest BCUT2D eigenvalue weighted by molar-refractivity contribution is -0.143. The van der Waals surface area contributed by atoms with Gasteiger partial charge in [-0.2, -0.15) is 4.31 Å². The van der Waals surface area contributed by atoms with E-state index in [2.05, 4.69) is 5.32 Å². The summed E-state index contributed by atoms with van der Waals surface area (Å²) < 4.78 is 44.4. The van der Waals surface area contributed by atoms with Gasteiger partial charge in [-0.3, -0.25) is 4.79 Å². The summed E-state index contributed by atoms with van der Waals surface area (Å²) in [6, 6.07) is 21.9. The standard InChI is InChI=1S/C29H32N2O8S/c1-37-23-11-13-24(14-12-23)40(35,36)31(15-17-32)16-18-38-28-20-22(21-7-3-2-4-8-21)19-27(39-28)29(34)30-25-9-5-6-10-26(25)33/h2-14,19,22,28,32-33H,15-18,20H2,1H3,(H,30,34)/t22-,28+/m1/s1. The lowest BCUT2D eigenvalue weighted by atomic mass is 9.93. The Morgan fingerprint density at radius 2 is 1.73 bits per heavy atom. The number of ether oxygens (including phenoxy) is 3. The second kappa shape index (κ2) is 13.4. The van der Waals surface area contributed by atoms with Crippen LogP contribution in [-0.2, 0) is 24.3 Å². The Hall–Kier alpha value is -3.90. The van der Waals surface area contributed by atoms with E-state index in [9.17, 15) is 23.4 Å². The zero-order valence-corrected chi connectivity index (χ0v) is 22.8. The predicted octanol–water partition coefficient (Wildman–Crippen LogP) is 3.45. The van der Waals surface area contributed by atoms with E-state index >= 15 is 0 Å². The van der Waals surface area contributed by atoms with Gasteiger partial charge in [-0.05, 0) is 48.0 Å². The van der Waals surface area contributed by atoms with Gasteiger partial charge in [0.15, 0.2) is 5.76 Å². The summed E-state index contributed by atoms with van der Waals surface area (Å²) in [5.74, 6) is -0.303. The van der Waals surface area contributed by atoms with Crippen molar-refractivity contribution in [3.63, 3.8) is 0 Å².